The van der Waals surface area contributed by atoms with Crippen molar-refractivity contribution < 1.29 is 73.1 Å². The number of nitro groups is 5. The summed E-state index contributed by atoms with van der Waals surface area (Å²) in [6, 6.07) is 29.8. The molecule has 9 aromatic rings. The van der Waals surface area contributed by atoms with E-state index in [0.29, 0.717) is 22.1 Å². The molecule has 2 N–H and O–H groups in total. The summed E-state index contributed by atoms with van der Waals surface area (Å²) in [5.74, 6) is -3.19. The summed E-state index contributed by atoms with van der Waals surface area (Å²) in [4.78, 5) is 117. The number of methoxy groups -OCH3 is 2. The molecule has 4 aromatic heterocycles. The molecular formula is C57H51N9O20. The van der Waals surface area contributed by atoms with Crippen LogP contribution in [0.2, 0.25) is 0 Å². The first kappa shape index (κ1) is 63.4. The minimum atomic E-state index is -1.02. The number of carbonyl (C=O) groups is 6. The van der Waals surface area contributed by atoms with Crippen LogP contribution in [0, 0.1) is 50.6 Å². The molecule has 4 heterocycles. The first-order chi connectivity index (χ1) is 40.9. The van der Waals surface area contributed by atoms with Crippen LogP contribution < -0.4 is 0 Å². The summed E-state index contributed by atoms with van der Waals surface area (Å²) in [5.41, 5.74) is 4.61. The molecular weight excluding hydrogens is 1130 g/mol. The maximum atomic E-state index is 11.8. The zero-order valence-corrected chi connectivity index (χ0v) is 45.6. The molecule has 10 rings (SSSR count). The van der Waals surface area contributed by atoms with E-state index in [0.717, 1.165) is 39.1 Å². The number of ether oxygens (including phenoxy) is 2. The number of aliphatic carboxylic acids is 2. The van der Waals surface area contributed by atoms with Crippen molar-refractivity contribution in [1.82, 2.24) is 18.3 Å². The second kappa shape index (κ2) is 29.3. The fourth-order valence-corrected chi connectivity index (χ4v) is 8.53. The summed E-state index contributed by atoms with van der Waals surface area (Å²) in [7, 11) is 2.57. The van der Waals surface area contributed by atoms with Crippen LogP contribution in [0.25, 0.3) is 49.7 Å². The van der Waals surface area contributed by atoms with E-state index in [1.807, 2.05) is 12.2 Å². The highest BCUT2D eigenvalue weighted by molar-refractivity contribution is 5.89. The van der Waals surface area contributed by atoms with Gasteiger partial charge in [0.2, 0.25) is 0 Å². The number of Topliss-reactive ketones (excluding diaryl/α,β-unsaturated/α-hetero) is 2. The average Bonchev–Trinajstić information content (AvgIpc) is 2.52. The minimum absolute atomic E-state index is 0.00214. The van der Waals surface area contributed by atoms with E-state index in [-0.39, 0.29) is 96.8 Å². The second-order valence-electron chi connectivity index (χ2n) is 18.5. The van der Waals surface area contributed by atoms with Crippen molar-refractivity contribution in [2.45, 2.75) is 58.3 Å². The molecule has 1 aliphatic carbocycles. The number of nitrogens with zero attached hydrogens (tertiary/aromatic N) is 9. The Morgan fingerprint density at radius 1 is 0.419 bits per heavy atom. The van der Waals surface area contributed by atoms with Crippen molar-refractivity contribution in [2.24, 2.45) is 0 Å². The zero-order valence-electron chi connectivity index (χ0n) is 45.6. The predicted octanol–water partition coefficient (Wildman–Crippen LogP) is 9.58. The van der Waals surface area contributed by atoms with Crippen LogP contribution >= 0.6 is 0 Å². The van der Waals surface area contributed by atoms with Crippen LogP contribution in [0.4, 0.5) is 28.4 Å². The van der Waals surface area contributed by atoms with Gasteiger partial charge in [-0.15, -0.1) is 0 Å². The van der Waals surface area contributed by atoms with E-state index in [9.17, 15) is 79.3 Å². The highest BCUT2D eigenvalue weighted by atomic mass is 16.6. The minimum Gasteiger partial charge on any atom is -0.481 e. The Kier molecular flexibility index (Phi) is 21.6. The Morgan fingerprint density at radius 2 is 0.756 bits per heavy atom. The van der Waals surface area contributed by atoms with E-state index in [4.69, 9.17) is 10.2 Å². The number of carbonyl (C=O) groups excluding carboxylic acids is 4. The monoisotopic (exact) mass is 1180 g/mol. The number of carboxylic acids is 2. The summed E-state index contributed by atoms with van der Waals surface area (Å²) < 4.78 is 15.3. The molecule has 0 atom stereocenters. The van der Waals surface area contributed by atoms with Crippen molar-refractivity contribution in [3.05, 3.63) is 208 Å². The smallest absolute Gasteiger partial charge is 0.325 e. The van der Waals surface area contributed by atoms with Crippen molar-refractivity contribution in [3.8, 4) is 0 Å². The van der Waals surface area contributed by atoms with Crippen LogP contribution in [0.15, 0.2) is 146 Å². The third-order valence-corrected chi connectivity index (χ3v) is 12.8. The van der Waals surface area contributed by atoms with Crippen LogP contribution in [0.1, 0.15) is 36.8 Å². The second-order valence-corrected chi connectivity index (χ2v) is 18.5. The third kappa shape index (κ3) is 17.4. The van der Waals surface area contributed by atoms with Crippen molar-refractivity contribution in [1.29, 1.82) is 0 Å². The van der Waals surface area contributed by atoms with E-state index in [1.165, 1.54) is 73.4 Å². The highest BCUT2D eigenvalue weighted by Gasteiger charge is 2.17. The number of allylic oxidation sites excluding steroid dienone is 1. The molecule has 0 fully saturated rings. The number of rotatable bonds is 19. The number of aromatic nitrogens is 4. The van der Waals surface area contributed by atoms with Crippen molar-refractivity contribution >= 4 is 114 Å². The molecule has 0 aliphatic heterocycles. The van der Waals surface area contributed by atoms with E-state index >= 15 is 0 Å². The Labute approximate surface area is 483 Å². The van der Waals surface area contributed by atoms with Gasteiger partial charge >= 0.3 is 23.9 Å². The number of fused-ring (bicyclic) bond motifs is 5. The van der Waals surface area contributed by atoms with Gasteiger partial charge in [-0.3, -0.25) is 79.3 Å². The summed E-state index contributed by atoms with van der Waals surface area (Å²) >= 11 is 0. The molecule has 0 saturated heterocycles. The molecule has 0 amide bonds. The maximum absolute atomic E-state index is 11.8. The van der Waals surface area contributed by atoms with Crippen LogP contribution in [-0.2, 0) is 70.8 Å². The third-order valence-electron chi connectivity index (χ3n) is 12.8. The fraction of sp³-hybridized carbons (Fsp3) is 0.193. The predicted molar refractivity (Wildman–Crippen MR) is 308 cm³/mol. The van der Waals surface area contributed by atoms with Gasteiger partial charge in [-0.1, -0.05) is 12.2 Å². The molecule has 1 aliphatic rings. The number of nitro benzene ring substituents is 5. The number of carboxylic acid groups (broad SMARTS) is 2. The molecule has 0 unspecified atom stereocenters. The lowest BCUT2D eigenvalue weighted by Crippen LogP contribution is -2.11. The van der Waals surface area contributed by atoms with Crippen molar-refractivity contribution in [3.63, 3.8) is 0 Å². The first-order valence-corrected chi connectivity index (χ1v) is 25.4. The molecule has 29 nitrogen and oxygen atoms in total. The largest absolute Gasteiger partial charge is 0.481 e. The van der Waals surface area contributed by atoms with Gasteiger partial charge in [0.25, 0.3) is 28.4 Å². The molecule has 0 radical (unpaired) electrons. The van der Waals surface area contributed by atoms with Crippen LogP contribution in [0.5, 0.6) is 0 Å². The van der Waals surface area contributed by atoms with Gasteiger partial charge in [0.1, 0.15) is 13.1 Å². The molecule has 0 spiro atoms. The normalized spacial score (nSPS) is 10.9. The average molecular weight is 1180 g/mol. The molecule has 5 aromatic carbocycles. The van der Waals surface area contributed by atoms with Gasteiger partial charge in [0.05, 0.1) is 86.8 Å². The molecule has 0 saturated carbocycles. The van der Waals surface area contributed by atoms with Crippen molar-refractivity contribution in [2.75, 3.05) is 14.2 Å². The van der Waals surface area contributed by atoms with Gasteiger partial charge in [0.15, 0.2) is 11.6 Å². The number of esters is 2. The summed E-state index contributed by atoms with van der Waals surface area (Å²) in [6.45, 7) is -0.0779. The number of benzene rings is 5. The van der Waals surface area contributed by atoms with Gasteiger partial charge in [-0.05, 0) is 72.1 Å². The van der Waals surface area contributed by atoms with Crippen LogP contribution in [-0.4, -0.2) is 103 Å². The first-order valence-electron chi connectivity index (χ1n) is 25.4. The number of ketones is 2. The zero-order chi connectivity index (χ0) is 62.8. The number of non-ortho nitro benzene ring substituents is 5. The Balaban J connectivity index is 0.000000174. The van der Waals surface area contributed by atoms with Gasteiger partial charge in [-0.25, -0.2) is 0 Å². The summed E-state index contributed by atoms with van der Waals surface area (Å²) in [6.07, 6.45) is 11.3. The molecule has 86 heavy (non-hydrogen) atoms. The molecule has 29 heteroatoms. The Hall–Kier alpha value is -11.8. The SMILES string of the molecule is COC(=O)CCC(=O)Cn1ccc2ccc([N+](=O)[O-])cc21.COC(=O)Cn1ccc2ccc([N+](=O)[O-])cc21.O=C(O)CCC(=O)Cn1ccc2ccc([N+](=O)[O-])cc21.O=C(O)Cn1ccc2ccc([N+](=O)[O-])cc21.O=[N+]([O-])c1ccc2c(c1)CC=C2. The highest BCUT2D eigenvalue weighted by Crippen LogP contribution is 2.27. The molecule has 444 valence electrons. The fourth-order valence-electron chi connectivity index (χ4n) is 8.53. The number of hydrogen-bond acceptors (Lipinski definition) is 18. The van der Waals surface area contributed by atoms with E-state index < -0.39 is 43.6 Å². The van der Waals surface area contributed by atoms with Gasteiger partial charge in [-0.2, -0.15) is 0 Å². The number of hydrogen-bond donors (Lipinski definition) is 2. The Morgan fingerprint density at radius 3 is 1.10 bits per heavy atom. The van der Waals surface area contributed by atoms with Gasteiger partial charge in [0, 0.05) is 120 Å². The van der Waals surface area contributed by atoms with E-state index in [1.54, 1.807) is 99.2 Å². The topological polar surface area (TPSA) is 397 Å². The lowest BCUT2D eigenvalue weighted by atomic mass is 10.1. The lowest BCUT2D eigenvalue weighted by molar-refractivity contribution is -0.385. The standard InChI is InChI=1S/C14H14N2O5.C13H12N2O5.C11H10N2O4.C10H8N2O4.C9H7NO2/c1-21-14(18)5-4-12(17)9-15-7-6-10-2-3-11(16(19)20)8-13(10)15;16-11(3-4-13(17)18)8-14-6-5-9-1-2-10(15(19)20)7-12(9)14;1-17-11(14)7-12-5-4-8-2-3-9(13(15)16)6-10(8)12;13-10(14)6-11-4-3-7-1-2-8(12(15)16)5-9(7)11;11-10(12)9-5-4-7-2-1-3-8(7)6-9/h2-3,6-8H,4-5,9H2,1H3;1-2,5-7H,3-4,8H2,(H,17,18);2-6H,7H2,1H3;1-5H,6H2,(H,13,14);1-2,4-6H,3H2. The van der Waals surface area contributed by atoms with Crippen LogP contribution in [0.3, 0.4) is 0 Å². The van der Waals surface area contributed by atoms with E-state index in [2.05, 4.69) is 9.47 Å². The Bertz CT molecular complexity index is 4130. The summed E-state index contributed by atoms with van der Waals surface area (Å²) in [5, 5.41) is 73.6. The lowest BCUT2D eigenvalue weighted by Gasteiger charge is -2.04. The van der Waals surface area contributed by atoms with Gasteiger partial charge < -0.3 is 38.0 Å². The quantitative estimate of drug-likeness (QED) is 0.0432. The molecule has 0 bridgehead atoms. The maximum Gasteiger partial charge on any atom is 0.325 e.